The lowest BCUT2D eigenvalue weighted by Gasteiger charge is -2.10. The average Bonchev–Trinajstić information content (AvgIpc) is 2.53. The summed E-state index contributed by atoms with van der Waals surface area (Å²) >= 11 is 0. The second kappa shape index (κ2) is 12.4. The molecule has 5 heteroatoms. The van der Waals surface area contributed by atoms with Gasteiger partial charge in [0.2, 0.25) is 0 Å². The molecule has 0 saturated carbocycles. The van der Waals surface area contributed by atoms with Gasteiger partial charge in [0.05, 0.1) is 20.3 Å². The van der Waals surface area contributed by atoms with Crippen LogP contribution >= 0.6 is 0 Å². The standard InChI is InChI=1S/C16H27NO4/c1-18-13-14-20-11-6-5-9-17-10-12-21-16-8-4-3-7-15(16)19-2/h3-4,7-8,17H,5-6,9-14H2,1-2H3. The molecule has 0 aromatic heterocycles. The van der Waals surface area contributed by atoms with Crippen LogP contribution in [0.15, 0.2) is 24.3 Å². The molecule has 5 nitrogen and oxygen atoms in total. The van der Waals surface area contributed by atoms with Gasteiger partial charge in [-0.25, -0.2) is 0 Å². The van der Waals surface area contributed by atoms with E-state index in [1.165, 1.54) is 0 Å². The zero-order valence-electron chi connectivity index (χ0n) is 13.1. The van der Waals surface area contributed by atoms with Crippen LogP contribution in [0.1, 0.15) is 12.8 Å². The summed E-state index contributed by atoms with van der Waals surface area (Å²) in [5.41, 5.74) is 0. The molecule has 1 aromatic rings. The third kappa shape index (κ3) is 8.55. The van der Waals surface area contributed by atoms with Gasteiger partial charge in [-0.1, -0.05) is 12.1 Å². The highest BCUT2D eigenvalue weighted by molar-refractivity contribution is 5.39. The van der Waals surface area contributed by atoms with Gasteiger partial charge < -0.3 is 24.3 Å². The lowest BCUT2D eigenvalue weighted by molar-refractivity contribution is 0.0688. The summed E-state index contributed by atoms with van der Waals surface area (Å²) in [7, 11) is 3.33. The molecule has 0 radical (unpaired) electrons. The lowest BCUT2D eigenvalue weighted by Crippen LogP contribution is -2.22. The van der Waals surface area contributed by atoms with Crippen molar-refractivity contribution in [2.24, 2.45) is 0 Å². The quantitative estimate of drug-likeness (QED) is 0.565. The second-order valence-corrected chi connectivity index (χ2v) is 4.56. The summed E-state index contributed by atoms with van der Waals surface area (Å²) in [6.45, 7) is 4.56. The van der Waals surface area contributed by atoms with Crippen molar-refractivity contribution in [1.82, 2.24) is 5.32 Å². The van der Waals surface area contributed by atoms with E-state index in [-0.39, 0.29) is 0 Å². The van der Waals surface area contributed by atoms with Gasteiger partial charge in [0.15, 0.2) is 11.5 Å². The summed E-state index contributed by atoms with van der Waals surface area (Å²) in [5, 5.41) is 3.35. The minimum Gasteiger partial charge on any atom is -0.493 e. The topological polar surface area (TPSA) is 49.0 Å². The maximum atomic E-state index is 5.67. The van der Waals surface area contributed by atoms with E-state index in [2.05, 4.69) is 5.32 Å². The predicted octanol–water partition coefficient (Wildman–Crippen LogP) is 2.11. The molecule has 0 spiro atoms. The lowest BCUT2D eigenvalue weighted by atomic mass is 10.3. The first-order chi connectivity index (χ1) is 10.4. The van der Waals surface area contributed by atoms with Crippen LogP contribution in [0, 0.1) is 0 Å². The molecular weight excluding hydrogens is 270 g/mol. The molecule has 0 saturated heterocycles. The van der Waals surface area contributed by atoms with E-state index in [9.17, 15) is 0 Å². The molecule has 0 atom stereocenters. The van der Waals surface area contributed by atoms with Gasteiger partial charge in [-0.2, -0.15) is 0 Å². The molecule has 0 aliphatic heterocycles. The Morgan fingerprint density at radius 1 is 0.857 bits per heavy atom. The van der Waals surface area contributed by atoms with Crippen molar-refractivity contribution in [3.63, 3.8) is 0 Å². The van der Waals surface area contributed by atoms with Crippen LogP contribution < -0.4 is 14.8 Å². The van der Waals surface area contributed by atoms with E-state index < -0.39 is 0 Å². The van der Waals surface area contributed by atoms with Gasteiger partial charge >= 0.3 is 0 Å². The molecule has 1 aromatic carbocycles. The number of rotatable bonds is 13. The highest BCUT2D eigenvalue weighted by atomic mass is 16.5. The van der Waals surface area contributed by atoms with Crippen LogP contribution in [-0.2, 0) is 9.47 Å². The molecule has 0 amide bonds. The van der Waals surface area contributed by atoms with Crippen molar-refractivity contribution in [2.75, 3.05) is 53.7 Å². The van der Waals surface area contributed by atoms with Gasteiger partial charge in [0.1, 0.15) is 6.61 Å². The van der Waals surface area contributed by atoms with Gasteiger partial charge in [-0.3, -0.25) is 0 Å². The minimum atomic E-state index is 0.630. The maximum Gasteiger partial charge on any atom is 0.161 e. The molecule has 0 fully saturated rings. The molecule has 0 aliphatic rings. The van der Waals surface area contributed by atoms with Crippen LogP contribution in [0.4, 0.5) is 0 Å². The molecule has 0 heterocycles. The number of methoxy groups -OCH3 is 2. The van der Waals surface area contributed by atoms with E-state index in [0.717, 1.165) is 44.0 Å². The normalized spacial score (nSPS) is 10.6. The van der Waals surface area contributed by atoms with Crippen LogP contribution in [0.2, 0.25) is 0 Å². The SMILES string of the molecule is COCCOCCCCNCCOc1ccccc1OC. The van der Waals surface area contributed by atoms with Gasteiger partial charge in [0, 0.05) is 20.3 Å². The summed E-state index contributed by atoms with van der Waals surface area (Å²) in [5.74, 6) is 1.55. The van der Waals surface area contributed by atoms with Crippen LogP contribution in [-0.4, -0.2) is 53.7 Å². The highest BCUT2D eigenvalue weighted by Gasteiger charge is 2.01. The smallest absolute Gasteiger partial charge is 0.161 e. The Morgan fingerprint density at radius 3 is 2.43 bits per heavy atom. The van der Waals surface area contributed by atoms with Gasteiger partial charge in [-0.05, 0) is 31.5 Å². The Labute approximate surface area is 127 Å². The Balaban J connectivity index is 1.93. The number of ether oxygens (including phenoxy) is 4. The van der Waals surface area contributed by atoms with Crippen molar-refractivity contribution in [1.29, 1.82) is 0 Å². The maximum absolute atomic E-state index is 5.67. The van der Waals surface area contributed by atoms with Crippen LogP contribution in [0.3, 0.4) is 0 Å². The van der Waals surface area contributed by atoms with Gasteiger partial charge in [-0.15, -0.1) is 0 Å². The Morgan fingerprint density at radius 2 is 1.67 bits per heavy atom. The molecule has 0 aliphatic carbocycles. The highest BCUT2D eigenvalue weighted by Crippen LogP contribution is 2.25. The summed E-state index contributed by atoms with van der Waals surface area (Å²) in [4.78, 5) is 0. The Kier molecular flexibility index (Phi) is 10.5. The van der Waals surface area contributed by atoms with Crippen molar-refractivity contribution >= 4 is 0 Å². The van der Waals surface area contributed by atoms with Crippen LogP contribution in [0.25, 0.3) is 0 Å². The molecular formula is C16H27NO4. The summed E-state index contributed by atoms with van der Waals surface area (Å²) < 4.78 is 21.2. The van der Waals surface area contributed by atoms with E-state index in [1.54, 1.807) is 14.2 Å². The van der Waals surface area contributed by atoms with E-state index in [0.29, 0.717) is 19.8 Å². The third-order valence-corrected chi connectivity index (χ3v) is 2.93. The number of benzene rings is 1. The van der Waals surface area contributed by atoms with Crippen molar-refractivity contribution < 1.29 is 18.9 Å². The van der Waals surface area contributed by atoms with Crippen molar-refractivity contribution in [3.8, 4) is 11.5 Å². The first-order valence-electron chi connectivity index (χ1n) is 7.41. The van der Waals surface area contributed by atoms with E-state index in [1.807, 2.05) is 24.3 Å². The first-order valence-corrected chi connectivity index (χ1v) is 7.41. The molecule has 1 N–H and O–H groups in total. The predicted molar refractivity (Wildman–Crippen MR) is 83.3 cm³/mol. The fourth-order valence-electron chi connectivity index (χ4n) is 1.79. The number of nitrogens with one attached hydrogen (secondary N) is 1. The monoisotopic (exact) mass is 297 g/mol. The molecule has 0 bridgehead atoms. The van der Waals surface area contributed by atoms with Crippen LogP contribution in [0.5, 0.6) is 11.5 Å². The molecule has 120 valence electrons. The number of para-hydroxylation sites is 2. The van der Waals surface area contributed by atoms with Crippen molar-refractivity contribution in [3.05, 3.63) is 24.3 Å². The molecule has 1 rings (SSSR count). The van der Waals surface area contributed by atoms with E-state index >= 15 is 0 Å². The average molecular weight is 297 g/mol. The minimum absolute atomic E-state index is 0.630. The van der Waals surface area contributed by atoms with Gasteiger partial charge in [0.25, 0.3) is 0 Å². The number of hydrogen-bond donors (Lipinski definition) is 1. The molecule has 21 heavy (non-hydrogen) atoms. The van der Waals surface area contributed by atoms with E-state index in [4.69, 9.17) is 18.9 Å². The largest absolute Gasteiger partial charge is 0.493 e. The number of unbranched alkanes of at least 4 members (excludes halogenated alkanes) is 1. The molecule has 0 unspecified atom stereocenters. The summed E-state index contributed by atoms with van der Waals surface area (Å²) in [6, 6.07) is 7.68. The fraction of sp³-hybridized carbons (Fsp3) is 0.625. The Bertz CT molecular complexity index is 360. The zero-order chi connectivity index (χ0) is 15.2. The number of hydrogen-bond acceptors (Lipinski definition) is 5. The third-order valence-electron chi connectivity index (χ3n) is 2.93. The summed E-state index contributed by atoms with van der Waals surface area (Å²) in [6.07, 6.45) is 2.16. The Hall–Kier alpha value is -1.30. The zero-order valence-corrected chi connectivity index (χ0v) is 13.1. The fourth-order valence-corrected chi connectivity index (χ4v) is 1.79. The van der Waals surface area contributed by atoms with Crippen molar-refractivity contribution in [2.45, 2.75) is 12.8 Å². The first kappa shape index (κ1) is 17.8. The second-order valence-electron chi connectivity index (χ2n) is 4.56.